The summed E-state index contributed by atoms with van der Waals surface area (Å²) in [6.07, 6.45) is 1.61. The van der Waals surface area contributed by atoms with Crippen LogP contribution in [-0.2, 0) is 0 Å². The highest BCUT2D eigenvalue weighted by Crippen LogP contribution is 2.30. The fraction of sp³-hybridized carbons (Fsp3) is 0.320. The molecule has 5 rings (SSSR count). The first-order chi connectivity index (χ1) is 15.5. The maximum Gasteiger partial charge on any atom is 0.253 e. The van der Waals surface area contributed by atoms with Crippen molar-refractivity contribution in [1.82, 2.24) is 20.0 Å². The molecule has 0 saturated carbocycles. The molecule has 7 nitrogen and oxygen atoms in total. The van der Waals surface area contributed by atoms with Gasteiger partial charge in [-0.2, -0.15) is 4.98 Å². The van der Waals surface area contributed by atoms with Gasteiger partial charge in [0.05, 0.1) is 7.11 Å². The molecule has 0 unspecified atom stereocenters. The number of carbonyl (C=O) groups excluding carboxylic acids is 1. The van der Waals surface area contributed by atoms with E-state index < -0.39 is 0 Å². The van der Waals surface area contributed by atoms with Gasteiger partial charge in [-0.15, -0.1) is 0 Å². The van der Waals surface area contributed by atoms with E-state index in [4.69, 9.17) is 9.26 Å². The highest BCUT2D eigenvalue weighted by atomic mass is 16.5. The van der Waals surface area contributed by atoms with Gasteiger partial charge in [0.25, 0.3) is 5.91 Å². The largest absolute Gasteiger partial charge is 0.497 e. The molecule has 32 heavy (non-hydrogen) atoms. The van der Waals surface area contributed by atoms with Gasteiger partial charge >= 0.3 is 0 Å². The van der Waals surface area contributed by atoms with Crippen LogP contribution in [0.5, 0.6) is 5.75 Å². The van der Waals surface area contributed by atoms with Crippen molar-refractivity contribution in [3.8, 4) is 17.1 Å². The molecule has 1 aliphatic rings. The molecule has 3 heterocycles. The number of aromatic amines is 1. The predicted molar refractivity (Wildman–Crippen MR) is 122 cm³/mol. The summed E-state index contributed by atoms with van der Waals surface area (Å²) in [5.41, 5.74) is 5.02. The highest BCUT2D eigenvalue weighted by molar-refractivity contribution is 5.99. The van der Waals surface area contributed by atoms with Crippen molar-refractivity contribution in [1.29, 1.82) is 0 Å². The quantitative estimate of drug-likeness (QED) is 0.500. The molecule has 2 aromatic heterocycles. The van der Waals surface area contributed by atoms with Crippen molar-refractivity contribution in [3.05, 3.63) is 65.2 Å². The molecular weight excluding hydrogens is 404 g/mol. The van der Waals surface area contributed by atoms with Crippen LogP contribution in [-0.4, -0.2) is 46.1 Å². The Morgan fingerprint density at radius 2 is 1.88 bits per heavy atom. The molecule has 1 saturated heterocycles. The van der Waals surface area contributed by atoms with Crippen LogP contribution < -0.4 is 4.74 Å². The molecule has 1 fully saturated rings. The SMILES string of the molecule is COc1ccc(-c2noc(C3CCN(C(=O)c4ccc5[nH]c(C)c(C)c5c4)CC3)n2)cc1. The van der Waals surface area contributed by atoms with E-state index in [1.165, 1.54) is 5.56 Å². The molecule has 4 aromatic rings. The normalized spacial score (nSPS) is 14.8. The average Bonchev–Trinajstić information content (AvgIpc) is 3.44. The van der Waals surface area contributed by atoms with Gasteiger partial charge < -0.3 is 19.1 Å². The van der Waals surface area contributed by atoms with Crippen LogP contribution in [0.15, 0.2) is 47.0 Å². The molecule has 1 amide bonds. The van der Waals surface area contributed by atoms with Crippen LogP contribution in [0.25, 0.3) is 22.3 Å². The smallest absolute Gasteiger partial charge is 0.253 e. The van der Waals surface area contributed by atoms with Crippen LogP contribution in [0, 0.1) is 13.8 Å². The van der Waals surface area contributed by atoms with Crippen LogP contribution >= 0.6 is 0 Å². The van der Waals surface area contributed by atoms with E-state index in [1.807, 2.05) is 47.4 Å². The minimum absolute atomic E-state index is 0.0769. The van der Waals surface area contributed by atoms with Gasteiger partial charge in [0.2, 0.25) is 11.7 Å². The molecule has 0 spiro atoms. The van der Waals surface area contributed by atoms with E-state index in [9.17, 15) is 4.79 Å². The van der Waals surface area contributed by atoms with Crippen molar-refractivity contribution in [2.75, 3.05) is 20.2 Å². The zero-order valence-corrected chi connectivity index (χ0v) is 18.5. The second kappa shape index (κ2) is 8.15. The van der Waals surface area contributed by atoms with Gasteiger partial charge in [-0.25, -0.2) is 0 Å². The Morgan fingerprint density at radius 3 is 2.59 bits per heavy atom. The number of fused-ring (bicyclic) bond motifs is 1. The van der Waals surface area contributed by atoms with Gasteiger partial charge in [0, 0.05) is 46.7 Å². The number of nitrogens with zero attached hydrogens (tertiary/aromatic N) is 3. The van der Waals surface area contributed by atoms with E-state index in [2.05, 4.69) is 29.0 Å². The summed E-state index contributed by atoms with van der Waals surface area (Å²) in [6, 6.07) is 13.5. The lowest BCUT2D eigenvalue weighted by molar-refractivity contribution is 0.0704. The van der Waals surface area contributed by atoms with Crippen LogP contribution in [0.4, 0.5) is 0 Å². The van der Waals surface area contributed by atoms with Gasteiger partial charge in [-0.1, -0.05) is 5.16 Å². The summed E-state index contributed by atoms with van der Waals surface area (Å²) in [5.74, 6) is 2.24. The third kappa shape index (κ3) is 3.64. The first-order valence-corrected chi connectivity index (χ1v) is 10.9. The Bertz CT molecular complexity index is 1260. The molecule has 0 atom stereocenters. The molecule has 7 heteroatoms. The first-order valence-electron chi connectivity index (χ1n) is 10.9. The number of ether oxygens (including phenoxy) is 1. The Balaban J connectivity index is 1.25. The summed E-state index contributed by atoms with van der Waals surface area (Å²) in [7, 11) is 1.64. The van der Waals surface area contributed by atoms with Crippen LogP contribution in [0.3, 0.4) is 0 Å². The lowest BCUT2D eigenvalue weighted by Gasteiger charge is -2.30. The zero-order valence-electron chi connectivity index (χ0n) is 18.5. The number of H-pyrrole nitrogens is 1. The number of benzene rings is 2. The summed E-state index contributed by atoms with van der Waals surface area (Å²) in [6.45, 7) is 5.48. The van der Waals surface area contributed by atoms with Gasteiger partial charge in [0.1, 0.15) is 5.75 Å². The van der Waals surface area contributed by atoms with E-state index >= 15 is 0 Å². The Labute approximate surface area is 186 Å². The molecule has 164 valence electrons. The maximum absolute atomic E-state index is 13.1. The number of piperidine rings is 1. The maximum atomic E-state index is 13.1. The number of carbonyl (C=O) groups is 1. The summed E-state index contributed by atoms with van der Waals surface area (Å²) < 4.78 is 10.8. The van der Waals surface area contributed by atoms with Crippen molar-refractivity contribution in [2.45, 2.75) is 32.6 Å². The zero-order chi connectivity index (χ0) is 22.2. The lowest BCUT2D eigenvalue weighted by Crippen LogP contribution is -2.38. The minimum atomic E-state index is 0.0769. The Morgan fingerprint density at radius 1 is 1.12 bits per heavy atom. The molecule has 0 aliphatic carbocycles. The third-order valence-electron chi connectivity index (χ3n) is 6.48. The number of amides is 1. The Kier molecular flexibility index (Phi) is 5.17. The first kappa shape index (κ1) is 20.3. The minimum Gasteiger partial charge on any atom is -0.497 e. The molecular formula is C25H26N4O3. The number of rotatable bonds is 4. The standard InChI is InChI=1S/C25H26N4O3/c1-15-16(2)26-22-9-6-19(14-21(15)22)25(30)29-12-10-18(11-13-29)24-27-23(28-32-24)17-4-7-20(31-3)8-5-17/h4-9,14,18,26H,10-13H2,1-3H3. The van der Waals surface area contributed by atoms with Gasteiger partial charge in [0.15, 0.2) is 0 Å². The van der Waals surface area contributed by atoms with Crippen molar-refractivity contribution < 1.29 is 14.1 Å². The average molecular weight is 431 g/mol. The number of methoxy groups -OCH3 is 1. The van der Waals surface area contributed by atoms with E-state index in [0.717, 1.165) is 46.3 Å². The van der Waals surface area contributed by atoms with Crippen LogP contribution in [0.2, 0.25) is 0 Å². The molecule has 1 aliphatic heterocycles. The molecule has 0 bridgehead atoms. The number of likely N-dealkylation sites (tertiary alicyclic amines) is 1. The fourth-order valence-corrected chi connectivity index (χ4v) is 4.36. The van der Waals surface area contributed by atoms with Gasteiger partial charge in [-0.05, 0) is 74.7 Å². The number of aryl methyl sites for hydroxylation is 2. The Hall–Kier alpha value is -3.61. The topological polar surface area (TPSA) is 84.3 Å². The second-order valence-corrected chi connectivity index (χ2v) is 8.39. The lowest BCUT2D eigenvalue weighted by atomic mass is 9.96. The van der Waals surface area contributed by atoms with Crippen LogP contribution in [0.1, 0.15) is 46.3 Å². The second-order valence-electron chi connectivity index (χ2n) is 8.39. The number of hydrogen-bond donors (Lipinski definition) is 1. The third-order valence-corrected chi connectivity index (χ3v) is 6.48. The van der Waals surface area contributed by atoms with Crippen molar-refractivity contribution in [3.63, 3.8) is 0 Å². The number of aromatic nitrogens is 3. The van der Waals surface area contributed by atoms with E-state index in [0.29, 0.717) is 24.8 Å². The number of nitrogens with one attached hydrogen (secondary N) is 1. The van der Waals surface area contributed by atoms with E-state index in [-0.39, 0.29) is 11.8 Å². The van der Waals surface area contributed by atoms with E-state index in [1.54, 1.807) is 7.11 Å². The van der Waals surface area contributed by atoms with Gasteiger partial charge in [-0.3, -0.25) is 4.79 Å². The molecule has 2 aromatic carbocycles. The van der Waals surface area contributed by atoms with Crippen molar-refractivity contribution >= 4 is 16.8 Å². The summed E-state index contributed by atoms with van der Waals surface area (Å²) in [5, 5.41) is 5.26. The molecule has 1 N–H and O–H groups in total. The summed E-state index contributed by atoms with van der Waals surface area (Å²) in [4.78, 5) is 23.0. The summed E-state index contributed by atoms with van der Waals surface area (Å²) >= 11 is 0. The van der Waals surface area contributed by atoms with Crippen molar-refractivity contribution in [2.24, 2.45) is 0 Å². The monoisotopic (exact) mass is 430 g/mol. The fourth-order valence-electron chi connectivity index (χ4n) is 4.36. The number of hydrogen-bond acceptors (Lipinski definition) is 5. The molecule has 0 radical (unpaired) electrons. The predicted octanol–water partition coefficient (Wildman–Crippen LogP) is 4.86. The highest BCUT2D eigenvalue weighted by Gasteiger charge is 2.28.